The van der Waals surface area contributed by atoms with Gasteiger partial charge >= 0.3 is 5.97 Å². The third kappa shape index (κ3) is 2.79. The minimum absolute atomic E-state index is 0.325. The van der Waals surface area contributed by atoms with Crippen LogP contribution in [0.4, 0.5) is 0 Å². The standard InChI is InChI=1S/C13H18N6O2/c20-12(21)13(5-2-1-3-6-13)10-19-11(15-16-17-19)9-18-8-4-7-14-18/h4,7-8H,1-3,5-6,9-10H2,(H,20,21). The molecule has 112 valence electrons. The third-order valence-electron chi connectivity index (χ3n) is 4.19. The number of aliphatic carboxylic acids is 1. The van der Waals surface area contributed by atoms with Crippen LogP contribution in [0.15, 0.2) is 18.5 Å². The van der Waals surface area contributed by atoms with E-state index in [1.54, 1.807) is 15.6 Å². The van der Waals surface area contributed by atoms with E-state index in [1.807, 2.05) is 12.3 Å². The van der Waals surface area contributed by atoms with Gasteiger partial charge in [0.05, 0.1) is 12.0 Å². The van der Waals surface area contributed by atoms with Gasteiger partial charge in [0.15, 0.2) is 5.82 Å². The molecule has 21 heavy (non-hydrogen) atoms. The van der Waals surface area contributed by atoms with E-state index in [4.69, 9.17) is 0 Å². The Kier molecular flexibility index (Phi) is 3.68. The molecule has 3 rings (SSSR count). The summed E-state index contributed by atoms with van der Waals surface area (Å²) in [5, 5.41) is 25.4. The molecule has 2 heterocycles. The minimum Gasteiger partial charge on any atom is -0.481 e. The second kappa shape index (κ2) is 5.63. The number of tetrazole rings is 1. The van der Waals surface area contributed by atoms with Crippen LogP contribution in [0.2, 0.25) is 0 Å². The molecule has 1 N–H and O–H groups in total. The average Bonchev–Trinajstić information content (AvgIpc) is 3.13. The van der Waals surface area contributed by atoms with Crippen molar-refractivity contribution < 1.29 is 9.90 Å². The van der Waals surface area contributed by atoms with Crippen LogP contribution in [0.5, 0.6) is 0 Å². The van der Waals surface area contributed by atoms with Crippen LogP contribution in [0.1, 0.15) is 37.9 Å². The lowest BCUT2D eigenvalue weighted by Crippen LogP contribution is -2.38. The minimum atomic E-state index is -0.747. The molecule has 8 nitrogen and oxygen atoms in total. The molecule has 0 aromatic carbocycles. The van der Waals surface area contributed by atoms with Gasteiger partial charge in [-0.3, -0.25) is 9.48 Å². The maximum Gasteiger partial charge on any atom is 0.311 e. The number of carboxylic acids is 1. The van der Waals surface area contributed by atoms with Crippen molar-refractivity contribution in [3.8, 4) is 0 Å². The van der Waals surface area contributed by atoms with Gasteiger partial charge in [-0.25, -0.2) is 4.68 Å². The first kappa shape index (κ1) is 13.7. The first-order valence-corrected chi connectivity index (χ1v) is 7.15. The maximum atomic E-state index is 11.7. The van der Waals surface area contributed by atoms with Gasteiger partial charge in [0.25, 0.3) is 0 Å². The number of hydrogen-bond acceptors (Lipinski definition) is 5. The van der Waals surface area contributed by atoms with E-state index >= 15 is 0 Å². The van der Waals surface area contributed by atoms with Gasteiger partial charge in [-0.15, -0.1) is 5.10 Å². The topological polar surface area (TPSA) is 98.7 Å². The largest absolute Gasteiger partial charge is 0.481 e. The lowest BCUT2D eigenvalue weighted by molar-refractivity contribution is -0.152. The van der Waals surface area contributed by atoms with Crippen LogP contribution in [0.25, 0.3) is 0 Å². The predicted molar refractivity (Wildman–Crippen MR) is 72.3 cm³/mol. The van der Waals surface area contributed by atoms with Gasteiger partial charge in [-0.1, -0.05) is 19.3 Å². The Morgan fingerprint density at radius 1 is 1.33 bits per heavy atom. The summed E-state index contributed by atoms with van der Waals surface area (Å²) in [7, 11) is 0. The fraction of sp³-hybridized carbons (Fsp3) is 0.615. The highest BCUT2D eigenvalue weighted by atomic mass is 16.4. The molecule has 1 saturated carbocycles. The van der Waals surface area contributed by atoms with Crippen molar-refractivity contribution in [2.75, 3.05) is 0 Å². The molecule has 0 atom stereocenters. The number of carbonyl (C=O) groups is 1. The molecular weight excluding hydrogens is 272 g/mol. The van der Waals surface area contributed by atoms with Crippen LogP contribution in [-0.2, 0) is 17.9 Å². The highest BCUT2D eigenvalue weighted by molar-refractivity contribution is 5.74. The first-order valence-electron chi connectivity index (χ1n) is 7.15. The molecule has 0 amide bonds. The fourth-order valence-electron chi connectivity index (χ4n) is 2.95. The molecule has 1 aliphatic rings. The van der Waals surface area contributed by atoms with Gasteiger partial charge in [-0.05, 0) is 29.3 Å². The summed E-state index contributed by atoms with van der Waals surface area (Å²) in [6.45, 7) is 0.766. The van der Waals surface area contributed by atoms with Gasteiger partial charge in [0.2, 0.25) is 0 Å². The second-order valence-corrected chi connectivity index (χ2v) is 5.60. The molecule has 0 aliphatic heterocycles. The number of hydrogen-bond donors (Lipinski definition) is 1. The normalized spacial score (nSPS) is 17.7. The molecule has 1 aliphatic carbocycles. The van der Waals surface area contributed by atoms with Crippen LogP contribution in [0, 0.1) is 5.41 Å². The lowest BCUT2D eigenvalue weighted by atomic mass is 9.74. The summed E-state index contributed by atoms with van der Waals surface area (Å²) >= 11 is 0. The Morgan fingerprint density at radius 3 is 2.81 bits per heavy atom. The number of nitrogens with zero attached hydrogens (tertiary/aromatic N) is 6. The molecule has 2 aromatic rings. The molecule has 2 aromatic heterocycles. The zero-order valence-electron chi connectivity index (χ0n) is 11.7. The van der Waals surface area contributed by atoms with Crippen molar-refractivity contribution in [1.82, 2.24) is 30.0 Å². The zero-order valence-corrected chi connectivity index (χ0v) is 11.7. The van der Waals surface area contributed by atoms with Gasteiger partial charge in [0, 0.05) is 12.4 Å². The third-order valence-corrected chi connectivity index (χ3v) is 4.19. The molecule has 0 radical (unpaired) electrons. The van der Waals surface area contributed by atoms with Gasteiger partial charge < -0.3 is 5.11 Å². The summed E-state index contributed by atoms with van der Waals surface area (Å²) < 4.78 is 3.33. The highest BCUT2D eigenvalue weighted by Gasteiger charge is 2.40. The maximum absolute atomic E-state index is 11.7. The number of carboxylic acid groups (broad SMARTS) is 1. The Labute approximate surface area is 121 Å². The van der Waals surface area contributed by atoms with E-state index < -0.39 is 11.4 Å². The first-order chi connectivity index (χ1) is 10.2. The summed E-state index contributed by atoms with van der Waals surface area (Å²) in [5.41, 5.74) is -0.744. The van der Waals surface area contributed by atoms with Crippen LogP contribution < -0.4 is 0 Å². The Balaban J connectivity index is 1.80. The van der Waals surface area contributed by atoms with Gasteiger partial charge in [0.1, 0.15) is 6.54 Å². The van der Waals surface area contributed by atoms with E-state index in [1.165, 1.54) is 0 Å². The summed E-state index contributed by atoms with van der Waals surface area (Å²) in [6.07, 6.45) is 7.88. The quantitative estimate of drug-likeness (QED) is 0.880. The van der Waals surface area contributed by atoms with E-state index in [-0.39, 0.29) is 0 Å². The van der Waals surface area contributed by atoms with Crippen LogP contribution >= 0.6 is 0 Å². The Morgan fingerprint density at radius 2 is 2.14 bits per heavy atom. The zero-order chi connectivity index (χ0) is 14.7. The van der Waals surface area contributed by atoms with E-state index in [0.717, 1.165) is 19.3 Å². The molecular formula is C13H18N6O2. The van der Waals surface area contributed by atoms with E-state index in [0.29, 0.717) is 31.8 Å². The molecule has 0 bridgehead atoms. The Bertz CT molecular complexity index is 600. The SMILES string of the molecule is O=C(O)C1(Cn2nnnc2Cn2cccn2)CCCCC1. The van der Waals surface area contributed by atoms with Crippen molar-refractivity contribution >= 4 is 5.97 Å². The molecule has 0 spiro atoms. The summed E-state index contributed by atoms with van der Waals surface area (Å²) in [5.74, 6) is -0.118. The molecule has 0 unspecified atom stereocenters. The highest BCUT2D eigenvalue weighted by Crippen LogP contribution is 2.38. The van der Waals surface area contributed by atoms with E-state index in [9.17, 15) is 9.90 Å². The second-order valence-electron chi connectivity index (χ2n) is 5.60. The van der Waals surface area contributed by atoms with E-state index in [2.05, 4.69) is 20.6 Å². The predicted octanol–water partition coefficient (Wildman–Crippen LogP) is 0.953. The van der Waals surface area contributed by atoms with Crippen LogP contribution in [-0.4, -0.2) is 41.1 Å². The summed E-state index contributed by atoms with van der Waals surface area (Å²) in [4.78, 5) is 11.7. The Hall–Kier alpha value is -2.25. The fourth-order valence-corrected chi connectivity index (χ4v) is 2.95. The molecule has 0 saturated heterocycles. The van der Waals surface area contributed by atoms with Crippen LogP contribution in [0.3, 0.4) is 0 Å². The lowest BCUT2D eigenvalue weighted by Gasteiger charge is -2.32. The number of aromatic nitrogens is 6. The summed E-state index contributed by atoms with van der Waals surface area (Å²) in [6, 6.07) is 1.83. The van der Waals surface area contributed by atoms with Crippen molar-refractivity contribution in [2.45, 2.75) is 45.2 Å². The average molecular weight is 290 g/mol. The monoisotopic (exact) mass is 290 g/mol. The van der Waals surface area contributed by atoms with Crippen molar-refractivity contribution in [3.05, 3.63) is 24.3 Å². The number of rotatable bonds is 5. The van der Waals surface area contributed by atoms with Gasteiger partial charge in [-0.2, -0.15) is 5.10 Å². The van der Waals surface area contributed by atoms with Crippen molar-refractivity contribution in [1.29, 1.82) is 0 Å². The molecule has 1 fully saturated rings. The smallest absolute Gasteiger partial charge is 0.311 e. The van der Waals surface area contributed by atoms with Crippen molar-refractivity contribution in [2.24, 2.45) is 5.41 Å². The van der Waals surface area contributed by atoms with Crippen molar-refractivity contribution in [3.63, 3.8) is 0 Å². The molecule has 8 heteroatoms.